The monoisotopic (exact) mass is 347 g/mol. The first kappa shape index (κ1) is 16.7. The fourth-order valence-electron chi connectivity index (χ4n) is 3.40. The molecule has 0 aliphatic carbocycles. The van der Waals surface area contributed by atoms with Crippen LogP contribution in [0.2, 0.25) is 0 Å². The Morgan fingerprint density at radius 1 is 1.15 bits per heavy atom. The molecule has 132 valence electrons. The fraction of sp³-hybridized carbons (Fsp3) is 0.286. The number of ether oxygens (including phenoxy) is 1. The zero-order valence-corrected chi connectivity index (χ0v) is 14.8. The minimum atomic E-state index is 0.0135. The van der Waals surface area contributed by atoms with Gasteiger partial charge in [0.15, 0.2) is 0 Å². The Morgan fingerprint density at radius 3 is 2.77 bits per heavy atom. The molecular formula is C21H21N3O2. The average molecular weight is 347 g/mol. The maximum Gasteiger partial charge on any atom is 0.253 e. The van der Waals surface area contributed by atoms with Gasteiger partial charge in [0, 0.05) is 49.1 Å². The second kappa shape index (κ2) is 7.22. The fourth-order valence-corrected chi connectivity index (χ4v) is 3.40. The minimum absolute atomic E-state index is 0.0135. The number of amides is 1. The zero-order chi connectivity index (χ0) is 17.9. The summed E-state index contributed by atoms with van der Waals surface area (Å²) in [7, 11) is 1.83. The van der Waals surface area contributed by atoms with Crippen molar-refractivity contribution in [2.24, 2.45) is 0 Å². The summed E-state index contributed by atoms with van der Waals surface area (Å²) in [6, 6.07) is 13.4. The molecule has 1 atom stereocenters. The van der Waals surface area contributed by atoms with Gasteiger partial charge in [-0.05, 0) is 43.2 Å². The maximum absolute atomic E-state index is 12.6. The van der Waals surface area contributed by atoms with Crippen molar-refractivity contribution in [1.82, 2.24) is 14.9 Å². The lowest BCUT2D eigenvalue weighted by atomic mass is 10.0. The van der Waals surface area contributed by atoms with E-state index in [-0.39, 0.29) is 12.0 Å². The van der Waals surface area contributed by atoms with Crippen LogP contribution in [0.15, 0.2) is 54.9 Å². The van der Waals surface area contributed by atoms with E-state index in [0.717, 1.165) is 41.6 Å². The third-order valence-corrected chi connectivity index (χ3v) is 4.78. The highest BCUT2D eigenvalue weighted by atomic mass is 16.5. The van der Waals surface area contributed by atoms with Crippen LogP contribution in [0, 0.1) is 0 Å². The van der Waals surface area contributed by atoms with Gasteiger partial charge in [0.05, 0.1) is 17.3 Å². The molecule has 1 fully saturated rings. The van der Waals surface area contributed by atoms with Gasteiger partial charge in [-0.1, -0.05) is 12.1 Å². The lowest BCUT2D eigenvalue weighted by molar-refractivity contribution is 0.0587. The van der Waals surface area contributed by atoms with E-state index < -0.39 is 0 Å². The number of rotatable bonds is 4. The third-order valence-electron chi connectivity index (χ3n) is 4.78. The molecule has 0 saturated carbocycles. The van der Waals surface area contributed by atoms with E-state index in [1.165, 1.54) is 0 Å². The number of carbonyl (C=O) groups excluding carboxylic acids is 1. The highest BCUT2D eigenvalue weighted by Gasteiger charge is 2.21. The third kappa shape index (κ3) is 3.30. The summed E-state index contributed by atoms with van der Waals surface area (Å²) in [6.45, 7) is 1.44. The van der Waals surface area contributed by atoms with Crippen LogP contribution in [0.1, 0.15) is 23.2 Å². The van der Waals surface area contributed by atoms with Crippen LogP contribution in [-0.2, 0) is 4.74 Å². The van der Waals surface area contributed by atoms with Gasteiger partial charge in [0.2, 0.25) is 0 Å². The molecule has 0 spiro atoms. The van der Waals surface area contributed by atoms with Crippen LogP contribution in [0.25, 0.3) is 22.2 Å². The largest absolute Gasteiger partial charge is 0.376 e. The summed E-state index contributed by atoms with van der Waals surface area (Å²) in [6.07, 6.45) is 5.80. The molecular weight excluding hydrogens is 326 g/mol. The second-order valence-electron chi connectivity index (χ2n) is 6.63. The molecule has 1 aliphatic rings. The molecule has 1 aliphatic heterocycles. The number of hydrogen-bond acceptors (Lipinski definition) is 4. The Bertz CT molecular complexity index is 913. The van der Waals surface area contributed by atoms with Crippen molar-refractivity contribution in [3.8, 4) is 11.3 Å². The molecule has 3 heterocycles. The normalized spacial score (nSPS) is 16.7. The molecule has 1 unspecified atom stereocenters. The molecule has 26 heavy (non-hydrogen) atoms. The topological polar surface area (TPSA) is 55.3 Å². The van der Waals surface area contributed by atoms with Crippen molar-refractivity contribution in [3.05, 3.63) is 60.4 Å². The lowest BCUT2D eigenvalue weighted by Gasteiger charge is -2.21. The zero-order valence-electron chi connectivity index (χ0n) is 14.8. The van der Waals surface area contributed by atoms with Crippen LogP contribution in [0.5, 0.6) is 0 Å². The van der Waals surface area contributed by atoms with Crippen molar-refractivity contribution in [1.29, 1.82) is 0 Å². The summed E-state index contributed by atoms with van der Waals surface area (Å²) in [5.74, 6) is 0.0135. The number of fused-ring (bicyclic) bond motifs is 1. The number of hydrogen-bond donors (Lipinski definition) is 0. The van der Waals surface area contributed by atoms with Gasteiger partial charge in [-0.3, -0.25) is 14.8 Å². The lowest BCUT2D eigenvalue weighted by Crippen LogP contribution is -2.34. The van der Waals surface area contributed by atoms with Crippen molar-refractivity contribution >= 4 is 16.8 Å². The maximum atomic E-state index is 12.6. The van der Waals surface area contributed by atoms with E-state index in [1.54, 1.807) is 17.3 Å². The predicted molar refractivity (Wildman–Crippen MR) is 101 cm³/mol. The molecule has 4 rings (SSSR count). The van der Waals surface area contributed by atoms with Gasteiger partial charge in [-0.2, -0.15) is 0 Å². The molecule has 5 nitrogen and oxygen atoms in total. The molecule has 3 aromatic rings. The minimum Gasteiger partial charge on any atom is -0.376 e. The Kier molecular flexibility index (Phi) is 4.63. The summed E-state index contributed by atoms with van der Waals surface area (Å²) >= 11 is 0. The quantitative estimate of drug-likeness (QED) is 0.724. The second-order valence-corrected chi connectivity index (χ2v) is 6.63. The molecule has 2 aromatic heterocycles. The van der Waals surface area contributed by atoms with Gasteiger partial charge in [-0.25, -0.2) is 0 Å². The molecule has 0 N–H and O–H groups in total. The molecule has 5 heteroatoms. The van der Waals surface area contributed by atoms with Crippen molar-refractivity contribution in [2.75, 3.05) is 20.2 Å². The van der Waals surface area contributed by atoms with Crippen LogP contribution < -0.4 is 0 Å². The van der Waals surface area contributed by atoms with E-state index >= 15 is 0 Å². The van der Waals surface area contributed by atoms with Crippen LogP contribution >= 0.6 is 0 Å². The highest BCUT2D eigenvalue weighted by molar-refractivity contribution is 5.96. The molecule has 1 amide bonds. The van der Waals surface area contributed by atoms with E-state index in [4.69, 9.17) is 4.74 Å². The standard InChI is InChI=1S/C21H21N3O2/c1-24(14-17-4-3-13-26-17)21(25)16-8-6-15(7-9-16)20-18-5-2-11-22-19(18)10-12-23-20/h2,5-12,17H,3-4,13-14H2,1H3. The molecule has 1 saturated heterocycles. The number of carbonyl (C=O) groups is 1. The predicted octanol–water partition coefficient (Wildman–Crippen LogP) is 3.55. The summed E-state index contributed by atoms with van der Waals surface area (Å²) in [5.41, 5.74) is 3.44. The van der Waals surface area contributed by atoms with E-state index in [9.17, 15) is 4.79 Å². The number of likely N-dealkylation sites (N-methyl/N-ethyl adjacent to an activating group) is 1. The van der Waals surface area contributed by atoms with Gasteiger partial charge in [-0.15, -0.1) is 0 Å². The Balaban J connectivity index is 1.55. The van der Waals surface area contributed by atoms with Gasteiger partial charge >= 0.3 is 0 Å². The van der Waals surface area contributed by atoms with Crippen LogP contribution in [0.3, 0.4) is 0 Å². The van der Waals surface area contributed by atoms with Crippen LogP contribution in [0.4, 0.5) is 0 Å². The Morgan fingerprint density at radius 2 is 2.00 bits per heavy atom. The number of pyridine rings is 2. The Labute approximate surface area is 152 Å². The smallest absolute Gasteiger partial charge is 0.253 e. The molecule has 0 radical (unpaired) electrons. The molecule has 0 bridgehead atoms. The van der Waals surface area contributed by atoms with Crippen molar-refractivity contribution in [3.63, 3.8) is 0 Å². The van der Waals surface area contributed by atoms with E-state index in [2.05, 4.69) is 9.97 Å². The van der Waals surface area contributed by atoms with Crippen LogP contribution in [-0.4, -0.2) is 47.1 Å². The van der Waals surface area contributed by atoms with Crippen molar-refractivity contribution < 1.29 is 9.53 Å². The number of nitrogens with zero attached hydrogens (tertiary/aromatic N) is 3. The van der Waals surface area contributed by atoms with E-state index in [0.29, 0.717) is 12.1 Å². The van der Waals surface area contributed by atoms with Gasteiger partial charge in [0.25, 0.3) is 5.91 Å². The Hall–Kier alpha value is -2.79. The van der Waals surface area contributed by atoms with Gasteiger partial charge < -0.3 is 9.64 Å². The first-order valence-corrected chi connectivity index (χ1v) is 8.89. The summed E-state index contributed by atoms with van der Waals surface area (Å²) in [5, 5.41) is 1.00. The first-order chi connectivity index (χ1) is 12.7. The van der Waals surface area contributed by atoms with Gasteiger partial charge in [0.1, 0.15) is 0 Å². The molecule has 1 aromatic carbocycles. The highest BCUT2D eigenvalue weighted by Crippen LogP contribution is 2.25. The average Bonchev–Trinajstić information content (AvgIpc) is 3.20. The van der Waals surface area contributed by atoms with Crippen molar-refractivity contribution in [2.45, 2.75) is 18.9 Å². The number of aromatic nitrogens is 2. The first-order valence-electron chi connectivity index (χ1n) is 8.89. The summed E-state index contributed by atoms with van der Waals surface area (Å²) in [4.78, 5) is 23.3. The number of benzene rings is 1. The summed E-state index contributed by atoms with van der Waals surface area (Å²) < 4.78 is 5.62. The SMILES string of the molecule is CN(CC1CCCO1)C(=O)c1ccc(-c2nccc3ncccc23)cc1. The van der Waals surface area contributed by atoms with E-state index in [1.807, 2.05) is 49.5 Å².